The average Bonchev–Trinajstić information content (AvgIpc) is 2.82. The van der Waals surface area contributed by atoms with Crippen molar-refractivity contribution in [1.82, 2.24) is 4.90 Å². The van der Waals surface area contributed by atoms with E-state index in [1.54, 1.807) is 4.90 Å². The molecule has 1 saturated heterocycles. The molecule has 0 bridgehead atoms. The molecule has 1 unspecified atom stereocenters. The van der Waals surface area contributed by atoms with Gasteiger partial charge in [-0.3, -0.25) is 4.79 Å². The molecule has 1 heterocycles. The predicted molar refractivity (Wildman–Crippen MR) is 91.6 cm³/mol. The van der Waals surface area contributed by atoms with Gasteiger partial charge >= 0.3 is 0 Å². The van der Waals surface area contributed by atoms with Crippen molar-refractivity contribution in [3.05, 3.63) is 30.3 Å². The number of unbranched alkanes of at least 4 members (excludes halogenated alkanes) is 1. The van der Waals surface area contributed by atoms with Gasteiger partial charge in [-0.1, -0.05) is 18.2 Å². The molecule has 1 aliphatic heterocycles. The molecule has 6 nitrogen and oxygen atoms in total. The van der Waals surface area contributed by atoms with Gasteiger partial charge in [-0.25, -0.2) is 13.6 Å². The third-order valence-corrected chi connectivity index (χ3v) is 5.07. The van der Waals surface area contributed by atoms with E-state index in [0.29, 0.717) is 19.5 Å². The van der Waals surface area contributed by atoms with Crippen LogP contribution in [0.5, 0.6) is 0 Å². The lowest BCUT2D eigenvalue weighted by Gasteiger charge is -2.20. The number of primary sulfonamides is 1. The zero-order valence-electron chi connectivity index (χ0n) is 13.5. The number of para-hydroxylation sites is 1. The molecule has 0 radical (unpaired) electrons. The Morgan fingerprint density at radius 3 is 2.61 bits per heavy atom. The van der Waals surface area contributed by atoms with E-state index in [1.807, 2.05) is 18.2 Å². The summed E-state index contributed by atoms with van der Waals surface area (Å²) in [6.45, 7) is 2.11. The lowest BCUT2D eigenvalue weighted by atomic mass is 10.1. The molecule has 0 aromatic heterocycles. The van der Waals surface area contributed by atoms with E-state index < -0.39 is 10.0 Å². The maximum absolute atomic E-state index is 11.9. The Hall–Kier alpha value is -1.60. The first-order chi connectivity index (χ1) is 10.8. The van der Waals surface area contributed by atoms with Crippen molar-refractivity contribution in [2.75, 3.05) is 37.3 Å². The van der Waals surface area contributed by atoms with Crippen LogP contribution in [0.25, 0.3) is 0 Å². The summed E-state index contributed by atoms with van der Waals surface area (Å²) in [5, 5.41) is 5.05. The zero-order chi connectivity index (χ0) is 16.9. The third-order valence-electron chi connectivity index (χ3n) is 4.13. The number of anilines is 1. The monoisotopic (exact) mass is 339 g/mol. The Labute approximate surface area is 138 Å². The van der Waals surface area contributed by atoms with Gasteiger partial charge < -0.3 is 9.80 Å². The topological polar surface area (TPSA) is 83.7 Å². The molecule has 128 valence electrons. The molecule has 0 saturated carbocycles. The van der Waals surface area contributed by atoms with Crippen LogP contribution in [0.4, 0.5) is 5.69 Å². The standard InChI is InChI=1S/C16H25N3O3S/c1-18(15-7-3-2-4-8-15)9-5-6-10-19-12-14(11-16(19)20)13-23(17,21)22/h2-4,7-8,14H,5-6,9-13H2,1H3,(H2,17,21,22). The number of hydrogen-bond acceptors (Lipinski definition) is 4. The summed E-state index contributed by atoms with van der Waals surface area (Å²) in [5.41, 5.74) is 1.18. The summed E-state index contributed by atoms with van der Waals surface area (Å²) in [5.74, 6) is -0.231. The van der Waals surface area contributed by atoms with E-state index in [9.17, 15) is 13.2 Å². The maximum Gasteiger partial charge on any atom is 0.222 e. The van der Waals surface area contributed by atoms with Crippen LogP contribution in [-0.2, 0) is 14.8 Å². The summed E-state index contributed by atoms with van der Waals surface area (Å²) < 4.78 is 22.2. The van der Waals surface area contributed by atoms with Crippen molar-refractivity contribution < 1.29 is 13.2 Å². The molecule has 1 aromatic carbocycles. The molecule has 0 spiro atoms. The lowest BCUT2D eigenvalue weighted by molar-refractivity contribution is -0.127. The SMILES string of the molecule is CN(CCCCN1CC(CS(N)(=O)=O)CC1=O)c1ccccc1. The fraction of sp³-hybridized carbons (Fsp3) is 0.562. The number of nitrogens with zero attached hydrogens (tertiary/aromatic N) is 2. The minimum absolute atomic E-state index is 0.0371. The first-order valence-electron chi connectivity index (χ1n) is 7.89. The number of hydrogen-bond donors (Lipinski definition) is 1. The molecule has 2 N–H and O–H groups in total. The number of benzene rings is 1. The Morgan fingerprint density at radius 1 is 1.26 bits per heavy atom. The number of carbonyl (C=O) groups excluding carboxylic acids is 1. The fourth-order valence-corrected chi connectivity index (χ4v) is 3.85. The quantitative estimate of drug-likeness (QED) is 0.717. The summed E-state index contributed by atoms with van der Waals surface area (Å²) >= 11 is 0. The van der Waals surface area contributed by atoms with Crippen LogP contribution < -0.4 is 10.0 Å². The summed E-state index contributed by atoms with van der Waals surface area (Å²) in [6, 6.07) is 10.2. The van der Waals surface area contributed by atoms with Crippen molar-refractivity contribution in [2.24, 2.45) is 11.1 Å². The molecular weight excluding hydrogens is 314 g/mol. The normalized spacial score (nSPS) is 18.4. The van der Waals surface area contributed by atoms with Gasteiger partial charge in [0.1, 0.15) is 0 Å². The predicted octanol–water partition coefficient (Wildman–Crippen LogP) is 1.04. The number of nitrogens with two attached hydrogens (primary N) is 1. The summed E-state index contributed by atoms with van der Waals surface area (Å²) in [4.78, 5) is 15.9. The Balaban J connectivity index is 1.69. The minimum atomic E-state index is -3.51. The Kier molecular flexibility index (Phi) is 6.01. The van der Waals surface area contributed by atoms with E-state index >= 15 is 0 Å². The smallest absolute Gasteiger partial charge is 0.222 e. The number of likely N-dealkylation sites (tertiary alicyclic amines) is 1. The molecule has 7 heteroatoms. The van der Waals surface area contributed by atoms with Crippen molar-refractivity contribution in [3.8, 4) is 0 Å². The molecule has 0 aliphatic carbocycles. The van der Waals surface area contributed by atoms with Gasteiger partial charge in [-0.05, 0) is 25.0 Å². The number of amides is 1. The van der Waals surface area contributed by atoms with Crippen LogP contribution in [0.15, 0.2) is 30.3 Å². The van der Waals surface area contributed by atoms with Gasteiger partial charge in [-0.2, -0.15) is 0 Å². The fourth-order valence-electron chi connectivity index (χ4n) is 2.97. The molecule has 1 fully saturated rings. The molecule has 1 aliphatic rings. The van der Waals surface area contributed by atoms with Crippen molar-refractivity contribution in [1.29, 1.82) is 0 Å². The summed E-state index contributed by atoms with van der Waals surface area (Å²) in [6.07, 6.45) is 2.18. The molecule has 2 rings (SSSR count). The van der Waals surface area contributed by atoms with Crippen molar-refractivity contribution in [2.45, 2.75) is 19.3 Å². The van der Waals surface area contributed by atoms with Gasteiger partial charge in [0.2, 0.25) is 15.9 Å². The molecule has 1 atom stereocenters. The second kappa shape index (κ2) is 7.79. The highest BCUT2D eigenvalue weighted by Crippen LogP contribution is 2.19. The highest BCUT2D eigenvalue weighted by Gasteiger charge is 2.31. The molecule has 1 aromatic rings. The first-order valence-corrected chi connectivity index (χ1v) is 9.61. The number of sulfonamides is 1. The van der Waals surface area contributed by atoms with E-state index in [2.05, 4.69) is 24.1 Å². The zero-order valence-corrected chi connectivity index (χ0v) is 14.3. The average molecular weight is 339 g/mol. The van der Waals surface area contributed by atoms with Gasteiger partial charge in [0, 0.05) is 44.7 Å². The highest BCUT2D eigenvalue weighted by atomic mass is 32.2. The van der Waals surface area contributed by atoms with Crippen molar-refractivity contribution >= 4 is 21.6 Å². The van der Waals surface area contributed by atoms with Crippen LogP contribution in [0, 0.1) is 5.92 Å². The summed E-state index contributed by atoms with van der Waals surface area (Å²) in [7, 11) is -1.45. The van der Waals surface area contributed by atoms with Crippen molar-refractivity contribution in [3.63, 3.8) is 0 Å². The molecular formula is C16H25N3O3S. The largest absolute Gasteiger partial charge is 0.375 e. The lowest BCUT2D eigenvalue weighted by Crippen LogP contribution is -2.29. The van der Waals surface area contributed by atoms with Gasteiger partial charge in [0.05, 0.1) is 5.75 Å². The van der Waals surface area contributed by atoms with Crippen LogP contribution >= 0.6 is 0 Å². The molecule has 1 amide bonds. The van der Waals surface area contributed by atoms with Gasteiger partial charge in [-0.15, -0.1) is 0 Å². The minimum Gasteiger partial charge on any atom is -0.375 e. The second-order valence-electron chi connectivity index (χ2n) is 6.20. The van der Waals surface area contributed by atoms with Gasteiger partial charge in [0.15, 0.2) is 0 Å². The Bertz CT molecular complexity index is 619. The van der Waals surface area contributed by atoms with Gasteiger partial charge in [0.25, 0.3) is 0 Å². The molecule has 23 heavy (non-hydrogen) atoms. The van der Waals surface area contributed by atoms with Crippen LogP contribution in [0.3, 0.4) is 0 Å². The first kappa shape index (κ1) is 17.7. The van der Waals surface area contributed by atoms with Crippen LogP contribution in [-0.4, -0.2) is 51.7 Å². The van der Waals surface area contributed by atoms with Crippen LogP contribution in [0.1, 0.15) is 19.3 Å². The highest BCUT2D eigenvalue weighted by molar-refractivity contribution is 7.89. The van der Waals surface area contributed by atoms with E-state index in [-0.39, 0.29) is 17.6 Å². The maximum atomic E-state index is 11.9. The van der Waals surface area contributed by atoms with E-state index in [4.69, 9.17) is 5.14 Å². The number of carbonyl (C=O) groups is 1. The van der Waals surface area contributed by atoms with E-state index in [1.165, 1.54) is 5.69 Å². The van der Waals surface area contributed by atoms with Crippen LogP contribution in [0.2, 0.25) is 0 Å². The third kappa shape index (κ3) is 5.84. The second-order valence-corrected chi connectivity index (χ2v) is 7.86. The Morgan fingerprint density at radius 2 is 1.96 bits per heavy atom. The number of rotatable bonds is 8. The van der Waals surface area contributed by atoms with E-state index in [0.717, 1.165) is 19.4 Å².